The van der Waals surface area contributed by atoms with Gasteiger partial charge in [-0.25, -0.2) is 4.79 Å². The number of carbonyl (C=O) groups is 1. The lowest BCUT2D eigenvalue weighted by Crippen LogP contribution is -2.32. The molecule has 2 heterocycles. The zero-order valence-electron chi connectivity index (χ0n) is 11.1. The molecule has 2 aliphatic rings. The molecule has 0 radical (unpaired) electrons. The Kier molecular flexibility index (Phi) is 3.34. The Balaban J connectivity index is 1.66. The number of likely N-dealkylation sites (tertiary alicyclic amines) is 1. The predicted molar refractivity (Wildman–Crippen MR) is 71.5 cm³/mol. The number of hydrogen-bond acceptors (Lipinski definition) is 4. The van der Waals surface area contributed by atoms with Crippen molar-refractivity contribution < 1.29 is 9.53 Å². The van der Waals surface area contributed by atoms with Crippen molar-refractivity contribution in [1.29, 1.82) is 0 Å². The van der Waals surface area contributed by atoms with E-state index in [4.69, 9.17) is 4.74 Å². The lowest BCUT2D eigenvalue weighted by molar-refractivity contribution is 0.0586. The number of carbonyl (C=O) groups excluding carboxylic acids is 1. The van der Waals surface area contributed by atoms with Crippen LogP contribution in [-0.4, -0.2) is 35.5 Å². The monoisotopic (exact) mass is 258 g/mol. The molecule has 3 rings (SSSR count). The molecule has 0 amide bonds. The number of pyridine rings is 1. The van der Waals surface area contributed by atoms with Gasteiger partial charge in [0.2, 0.25) is 0 Å². The highest BCUT2D eigenvalue weighted by Crippen LogP contribution is 2.35. The van der Waals surface area contributed by atoms with E-state index >= 15 is 0 Å². The van der Waals surface area contributed by atoms with Crippen LogP contribution in [0, 0.1) is 5.92 Å². The van der Waals surface area contributed by atoms with Gasteiger partial charge >= 0.3 is 5.97 Å². The molecule has 4 nitrogen and oxygen atoms in total. The highest BCUT2D eigenvalue weighted by molar-refractivity contribution is 5.89. The number of rotatable bonds is 2. The average molecular weight is 258 g/mol. The Hall–Kier alpha value is -1.68. The number of allylic oxidation sites excluding steroid dienone is 1. The van der Waals surface area contributed by atoms with E-state index in [0.29, 0.717) is 11.6 Å². The first kappa shape index (κ1) is 12.4. The summed E-state index contributed by atoms with van der Waals surface area (Å²) in [5, 5.41) is 0. The van der Waals surface area contributed by atoms with Crippen LogP contribution in [0.1, 0.15) is 29.6 Å². The van der Waals surface area contributed by atoms with E-state index in [1.807, 2.05) is 0 Å². The summed E-state index contributed by atoms with van der Waals surface area (Å²) < 4.78 is 5.49. The van der Waals surface area contributed by atoms with E-state index in [9.17, 15) is 4.79 Å². The number of hydrogen-bond donors (Lipinski definition) is 0. The Morgan fingerprint density at radius 1 is 1.53 bits per heavy atom. The van der Waals surface area contributed by atoms with Crippen LogP contribution in [0.5, 0.6) is 0 Å². The van der Waals surface area contributed by atoms with Crippen molar-refractivity contribution in [2.24, 2.45) is 5.92 Å². The first-order chi connectivity index (χ1) is 9.24. The molecule has 1 saturated heterocycles. The minimum absolute atomic E-state index is 0.307. The summed E-state index contributed by atoms with van der Waals surface area (Å²) >= 11 is 0. The summed E-state index contributed by atoms with van der Waals surface area (Å²) in [6.45, 7) is 1.15. The molecule has 100 valence electrons. The second-order valence-electron chi connectivity index (χ2n) is 5.34. The van der Waals surface area contributed by atoms with Crippen molar-refractivity contribution in [3.63, 3.8) is 0 Å². The smallest absolute Gasteiger partial charge is 0.344 e. The minimum atomic E-state index is -0.307. The van der Waals surface area contributed by atoms with Gasteiger partial charge < -0.3 is 9.64 Å². The highest BCUT2D eigenvalue weighted by Gasteiger charge is 2.35. The molecule has 1 aromatic heterocycles. The van der Waals surface area contributed by atoms with Crippen LogP contribution in [0.3, 0.4) is 0 Å². The van der Waals surface area contributed by atoms with Gasteiger partial charge in [0.1, 0.15) is 5.76 Å². The third-order valence-electron chi connectivity index (χ3n) is 4.14. The summed E-state index contributed by atoms with van der Waals surface area (Å²) in [5.41, 5.74) is 0.505. The van der Waals surface area contributed by atoms with Crippen molar-refractivity contribution in [1.82, 2.24) is 9.88 Å². The Morgan fingerprint density at radius 3 is 3.21 bits per heavy atom. The molecular formula is C15H18N2O2. The third-order valence-corrected chi connectivity index (χ3v) is 4.14. The first-order valence-electron chi connectivity index (χ1n) is 6.75. The van der Waals surface area contributed by atoms with Gasteiger partial charge in [-0.05, 0) is 50.6 Å². The second kappa shape index (κ2) is 5.13. The number of aromatic nitrogens is 1. The third kappa shape index (κ3) is 2.54. The highest BCUT2D eigenvalue weighted by atomic mass is 16.5. The lowest BCUT2D eigenvalue weighted by atomic mass is 9.89. The molecular weight excluding hydrogens is 240 g/mol. The average Bonchev–Trinajstić information content (AvgIpc) is 2.81. The molecule has 0 bridgehead atoms. The first-order valence-corrected chi connectivity index (χ1v) is 6.75. The van der Waals surface area contributed by atoms with Crippen molar-refractivity contribution in [2.75, 3.05) is 13.6 Å². The quantitative estimate of drug-likeness (QED) is 0.763. The summed E-state index contributed by atoms with van der Waals surface area (Å²) in [6.07, 6.45) is 8.37. The molecule has 1 aliphatic heterocycles. The van der Waals surface area contributed by atoms with E-state index in [2.05, 4.69) is 23.0 Å². The molecule has 1 fully saturated rings. The second-order valence-corrected chi connectivity index (χ2v) is 5.34. The predicted octanol–water partition coefficient (Wildman–Crippen LogP) is 2.24. The molecule has 2 unspecified atom stereocenters. The fourth-order valence-electron chi connectivity index (χ4n) is 3.00. The SMILES string of the molecule is CN1CCC2CC=C(OC(=O)c3cccnc3)CC21. The molecule has 19 heavy (non-hydrogen) atoms. The normalized spacial score (nSPS) is 26.7. The molecule has 2 atom stereocenters. The maximum atomic E-state index is 12.0. The summed E-state index contributed by atoms with van der Waals surface area (Å²) in [6, 6.07) is 4.00. The van der Waals surface area contributed by atoms with E-state index in [1.54, 1.807) is 18.3 Å². The number of esters is 1. The van der Waals surface area contributed by atoms with Gasteiger partial charge in [0.25, 0.3) is 0 Å². The van der Waals surface area contributed by atoms with Crippen molar-refractivity contribution in [3.05, 3.63) is 41.9 Å². The fourth-order valence-corrected chi connectivity index (χ4v) is 3.00. The summed E-state index contributed by atoms with van der Waals surface area (Å²) in [4.78, 5) is 18.3. The van der Waals surface area contributed by atoms with Gasteiger partial charge in [-0.15, -0.1) is 0 Å². The maximum absolute atomic E-state index is 12.0. The van der Waals surface area contributed by atoms with Crippen molar-refractivity contribution in [2.45, 2.75) is 25.3 Å². The maximum Gasteiger partial charge on any atom is 0.344 e. The minimum Gasteiger partial charge on any atom is -0.428 e. The molecule has 0 aromatic carbocycles. The standard InChI is InChI=1S/C15H18N2O2/c1-17-8-6-11-4-5-13(9-14(11)17)19-15(18)12-3-2-7-16-10-12/h2-3,5,7,10-11,14H,4,6,8-9H2,1H3. The molecule has 0 spiro atoms. The van der Waals surface area contributed by atoms with Crippen LogP contribution in [0.2, 0.25) is 0 Å². The molecule has 0 saturated carbocycles. The van der Waals surface area contributed by atoms with Crippen LogP contribution in [-0.2, 0) is 4.74 Å². The van der Waals surface area contributed by atoms with Crippen LogP contribution in [0.25, 0.3) is 0 Å². The molecule has 0 N–H and O–H groups in total. The Morgan fingerprint density at radius 2 is 2.42 bits per heavy atom. The van der Waals surface area contributed by atoms with Crippen LogP contribution in [0.4, 0.5) is 0 Å². The van der Waals surface area contributed by atoms with E-state index in [1.165, 1.54) is 12.6 Å². The summed E-state index contributed by atoms with van der Waals surface area (Å²) in [7, 11) is 2.15. The van der Waals surface area contributed by atoms with Gasteiger partial charge in [-0.2, -0.15) is 0 Å². The lowest BCUT2D eigenvalue weighted by Gasteiger charge is -2.28. The van der Waals surface area contributed by atoms with E-state index in [0.717, 1.165) is 31.1 Å². The van der Waals surface area contributed by atoms with Crippen molar-refractivity contribution in [3.8, 4) is 0 Å². The van der Waals surface area contributed by atoms with E-state index < -0.39 is 0 Å². The Labute approximate surface area is 113 Å². The van der Waals surface area contributed by atoms with Gasteiger partial charge in [-0.1, -0.05) is 0 Å². The van der Waals surface area contributed by atoms with Gasteiger partial charge in [0, 0.05) is 24.9 Å². The van der Waals surface area contributed by atoms with Crippen LogP contribution < -0.4 is 0 Å². The molecule has 1 aliphatic carbocycles. The topological polar surface area (TPSA) is 42.4 Å². The van der Waals surface area contributed by atoms with Crippen molar-refractivity contribution >= 4 is 5.97 Å². The van der Waals surface area contributed by atoms with Crippen LogP contribution >= 0.6 is 0 Å². The van der Waals surface area contributed by atoms with Gasteiger partial charge in [0.15, 0.2) is 0 Å². The van der Waals surface area contributed by atoms with Crippen LogP contribution in [0.15, 0.2) is 36.4 Å². The summed E-state index contributed by atoms with van der Waals surface area (Å²) in [5.74, 6) is 1.23. The molecule has 4 heteroatoms. The van der Waals surface area contributed by atoms with Gasteiger partial charge in [0.05, 0.1) is 5.56 Å². The van der Waals surface area contributed by atoms with E-state index in [-0.39, 0.29) is 5.97 Å². The fraction of sp³-hybridized carbons (Fsp3) is 0.467. The zero-order valence-corrected chi connectivity index (χ0v) is 11.1. The number of nitrogens with zero attached hydrogens (tertiary/aromatic N) is 2. The zero-order chi connectivity index (χ0) is 13.2. The number of fused-ring (bicyclic) bond motifs is 1. The Bertz CT molecular complexity index is 498. The largest absolute Gasteiger partial charge is 0.428 e. The number of ether oxygens (including phenoxy) is 1. The van der Waals surface area contributed by atoms with Gasteiger partial charge in [-0.3, -0.25) is 4.98 Å². The molecule has 1 aromatic rings.